The van der Waals surface area contributed by atoms with E-state index in [9.17, 15) is 4.39 Å². The summed E-state index contributed by atoms with van der Waals surface area (Å²) in [4.78, 5) is 4.59. The van der Waals surface area contributed by atoms with Crippen LogP contribution in [0.15, 0.2) is 30.0 Å². The molecule has 0 atom stereocenters. The van der Waals surface area contributed by atoms with Crippen LogP contribution in [0.2, 0.25) is 0 Å². The quantitative estimate of drug-likeness (QED) is 0.759. The molecular weight excluding hydrogens is 318 g/mol. The van der Waals surface area contributed by atoms with E-state index >= 15 is 0 Å². The Morgan fingerprint density at radius 3 is 2.40 bits per heavy atom. The molecular formula is C19H26BFN2O2. The number of aromatic nitrogens is 2. The average molecular weight is 344 g/mol. The Kier molecular flexibility index (Phi) is 4.54. The first-order valence-electron chi connectivity index (χ1n) is 8.79. The van der Waals surface area contributed by atoms with Crippen molar-refractivity contribution in [2.75, 3.05) is 0 Å². The summed E-state index contributed by atoms with van der Waals surface area (Å²) in [7, 11) is -1.00. The SMILES string of the molecule is CC(C)Cn1c(C=C(F)B2OC(C)(C)C(C)(C)O2)nc2ccccc21. The van der Waals surface area contributed by atoms with Gasteiger partial charge in [-0.2, -0.15) is 0 Å². The Bertz CT molecular complexity index is 795. The van der Waals surface area contributed by atoms with Gasteiger partial charge < -0.3 is 13.9 Å². The second-order valence-corrected chi connectivity index (χ2v) is 8.08. The lowest BCUT2D eigenvalue weighted by Crippen LogP contribution is -2.41. The highest BCUT2D eigenvalue weighted by Crippen LogP contribution is 2.39. The van der Waals surface area contributed by atoms with E-state index < -0.39 is 24.0 Å². The van der Waals surface area contributed by atoms with Gasteiger partial charge in [0.05, 0.1) is 22.2 Å². The number of benzene rings is 1. The van der Waals surface area contributed by atoms with Gasteiger partial charge in [0.25, 0.3) is 0 Å². The van der Waals surface area contributed by atoms with Gasteiger partial charge in [-0.15, -0.1) is 0 Å². The molecule has 1 saturated heterocycles. The van der Waals surface area contributed by atoms with Crippen LogP contribution < -0.4 is 0 Å². The Morgan fingerprint density at radius 1 is 1.20 bits per heavy atom. The van der Waals surface area contributed by atoms with Gasteiger partial charge in [0.2, 0.25) is 0 Å². The molecule has 134 valence electrons. The second kappa shape index (κ2) is 6.25. The van der Waals surface area contributed by atoms with Gasteiger partial charge in [0.1, 0.15) is 11.6 Å². The van der Waals surface area contributed by atoms with E-state index in [0.717, 1.165) is 17.6 Å². The average Bonchev–Trinajstić information content (AvgIpc) is 2.93. The van der Waals surface area contributed by atoms with E-state index in [-0.39, 0.29) is 0 Å². The van der Waals surface area contributed by atoms with Crippen molar-refractivity contribution >= 4 is 24.2 Å². The summed E-state index contributed by atoms with van der Waals surface area (Å²) in [5, 5.41) is 0. The molecule has 2 heterocycles. The molecule has 6 heteroatoms. The molecule has 0 bridgehead atoms. The molecule has 25 heavy (non-hydrogen) atoms. The highest BCUT2D eigenvalue weighted by molar-refractivity contribution is 6.54. The lowest BCUT2D eigenvalue weighted by Gasteiger charge is -2.32. The fourth-order valence-electron chi connectivity index (χ4n) is 2.91. The number of halogens is 1. The summed E-state index contributed by atoms with van der Waals surface area (Å²) in [6.07, 6.45) is 1.44. The molecule has 1 aromatic carbocycles. The smallest absolute Gasteiger partial charge is 0.398 e. The summed E-state index contributed by atoms with van der Waals surface area (Å²) in [6.45, 7) is 12.7. The zero-order valence-corrected chi connectivity index (χ0v) is 15.8. The Labute approximate surface area is 149 Å². The lowest BCUT2D eigenvalue weighted by atomic mass is 9.87. The number of hydrogen-bond donors (Lipinski definition) is 0. The molecule has 0 saturated carbocycles. The first-order chi connectivity index (χ1) is 11.6. The second-order valence-electron chi connectivity index (χ2n) is 8.08. The van der Waals surface area contributed by atoms with Crippen molar-refractivity contribution in [2.45, 2.75) is 59.3 Å². The van der Waals surface area contributed by atoms with Gasteiger partial charge in [0.15, 0.2) is 0 Å². The van der Waals surface area contributed by atoms with Crippen molar-refractivity contribution in [3.05, 3.63) is 35.8 Å². The monoisotopic (exact) mass is 344 g/mol. The lowest BCUT2D eigenvalue weighted by molar-refractivity contribution is 0.00578. The molecule has 0 N–H and O–H groups in total. The summed E-state index contributed by atoms with van der Waals surface area (Å²) in [5.41, 5.74) is 0.265. The number of hydrogen-bond acceptors (Lipinski definition) is 3. The minimum atomic E-state index is -1.00. The predicted molar refractivity (Wildman–Crippen MR) is 99.7 cm³/mol. The Hall–Kier alpha value is -1.66. The largest absolute Gasteiger partial charge is 0.525 e. The predicted octanol–water partition coefficient (Wildman–Crippen LogP) is 4.63. The summed E-state index contributed by atoms with van der Waals surface area (Å²) >= 11 is 0. The first kappa shape index (κ1) is 18.1. The molecule has 4 nitrogen and oxygen atoms in total. The van der Waals surface area contributed by atoms with Gasteiger partial charge in [-0.3, -0.25) is 0 Å². The molecule has 0 amide bonds. The molecule has 0 unspecified atom stereocenters. The van der Waals surface area contributed by atoms with Gasteiger partial charge in [0, 0.05) is 12.6 Å². The number of nitrogens with zero attached hydrogens (tertiary/aromatic N) is 2. The van der Waals surface area contributed by atoms with Crippen molar-refractivity contribution in [1.29, 1.82) is 0 Å². The van der Waals surface area contributed by atoms with Gasteiger partial charge in [-0.05, 0) is 45.7 Å². The van der Waals surface area contributed by atoms with Crippen molar-refractivity contribution in [3.8, 4) is 0 Å². The molecule has 1 aliphatic heterocycles. The topological polar surface area (TPSA) is 36.3 Å². The van der Waals surface area contributed by atoms with Crippen LogP contribution in [0.5, 0.6) is 0 Å². The normalized spacial score (nSPS) is 20.0. The van der Waals surface area contributed by atoms with Crippen molar-refractivity contribution in [2.24, 2.45) is 5.92 Å². The maximum absolute atomic E-state index is 14.9. The number of imidazole rings is 1. The van der Waals surface area contributed by atoms with E-state index in [0.29, 0.717) is 11.7 Å². The van der Waals surface area contributed by atoms with Gasteiger partial charge in [-0.1, -0.05) is 26.0 Å². The third-order valence-electron chi connectivity index (χ3n) is 4.98. The highest BCUT2D eigenvalue weighted by atomic mass is 19.1. The molecule has 3 rings (SSSR count). The van der Waals surface area contributed by atoms with Crippen LogP contribution in [0, 0.1) is 5.92 Å². The van der Waals surface area contributed by atoms with Crippen molar-refractivity contribution < 1.29 is 13.7 Å². The standard InChI is InChI=1S/C19H26BFN2O2/c1-13(2)12-23-15-10-8-7-9-14(15)22-17(23)11-16(21)20-24-18(3,4)19(5,6)25-20/h7-11,13H,12H2,1-6H3. The van der Waals surface area contributed by atoms with E-state index in [1.54, 1.807) is 0 Å². The van der Waals surface area contributed by atoms with E-state index in [4.69, 9.17) is 9.31 Å². The first-order valence-corrected chi connectivity index (χ1v) is 8.79. The van der Waals surface area contributed by atoms with Crippen LogP contribution in [0.1, 0.15) is 47.4 Å². The molecule has 2 aromatic rings. The fraction of sp³-hybridized carbons (Fsp3) is 0.526. The summed E-state index contributed by atoms with van der Waals surface area (Å²) in [5.74, 6) is 1.01. The van der Waals surface area contributed by atoms with Crippen LogP contribution in [0.3, 0.4) is 0 Å². The minimum Gasteiger partial charge on any atom is -0.398 e. The zero-order valence-electron chi connectivity index (χ0n) is 15.8. The summed E-state index contributed by atoms with van der Waals surface area (Å²) in [6, 6.07) is 7.86. The van der Waals surface area contributed by atoms with Crippen LogP contribution >= 0.6 is 0 Å². The maximum Gasteiger partial charge on any atom is 0.525 e. The third-order valence-corrected chi connectivity index (χ3v) is 4.98. The van der Waals surface area contributed by atoms with E-state index in [1.165, 1.54) is 6.08 Å². The maximum atomic E-state index is 14.9. The molecule has 1 aliphatic rings. The van der Waals surface area contributed by atoms with Crippen molar-refractivity contribution in [3.63, 3.8) is 0 Å². The van der Waals surface area contributed by atoms with Crippen LogP contribution in [0.4, 0.5) is 4.39 Å². The Morgan fingerprint density at radius 2 is 1.80 bits per heavy atom. The Balaban J connectivity index is 1.98. The van der Waals surface area contributed by atoms with Crippen molar-refractivity contribution in [1.82, 2.24) is 9.55 Å². The van der Waals surface area contributed by atoms with Crippen LogP contribution in [-0.2, 0) is 15.9 Å². The summed E-state index contributed by atoms with van der Waals surface area (Å²) < 4.78 is 28.5. The van der Waals surface area contributed by atoms with Gasteiger partial charge >= 0.3 is 7.12 Å². The van der Waals surface area contributed by atoms with E-state index in [1.807, 2.05) is 56.5 Å². The van der Waals surface area contributed by atoms with Crippen LogP contribution in [0.25, 0.3) is 17.1 Å². The van der Waals surface area contributed by atoms with Gasteiger partial charge in [-0.25, -0.2) is 9.37 Å². The number of para-hydroxylation sites is 2. The van der Waals surface area contributed by atoms with Crippen LogP contribution in [-0.4, -0.2) is 27.9 Å². The zero-order chi connectivity index (χ0) is 18.4. The molecule has 0 spiro atoms. The fourth-order valence-corrected chi connectivity index (χ4v) is 2.91. The highest BCUT2D eigenvalue weighted by Gasteiger charge is 2.53. The molecule has 0 radical (unpaired) electrons. The number of rotatable bonds is 4. The minimum absolute atomic E-state index is 0.421. The van der Waals surface area contributed by atoms with E-state index in [2.05, 4.69) is 18.8 Å². The molecule has 0 aliphatic carbocycles. The third kappa shape index (κ3) is 3.38. The number of fused-ring (bicyclic) bond motifs is 1. The molecule has 1 aromatic heterocycles. The molecule has 1 fully saturated rings.